The van der Waals surface area contributed by atoms with E-state index in [0.717, 1.165) is 18.6 Å². The van der Waals surface area contributed by atoms with Gasteiger partial charge in [-0.2, -0.15) is 10.2 Å². The first-order valence-corrected chi connectivity index (χ1v) is 13.9. The maximum Gasteiger partial charge on any atom is 0.0923 e. The van der Waals surface area contributed by atoms with Crippen LogP contribution in [0, 0.1) is 0 Å². The van der Waals surface area contributed by atoms with Crippen molar-refractivity contribution >= 4 is 21.8 Å². The number of H-pyrrole nitrogens is 1. The smallest absolute Gasteiger partial charge is 0.0923 e. The van der Waals surface area contributed by atoms with Crippen LogP contribution in [-0.2, 0) is 7.05 Å². The molecule has 1 aliphatic heterocycles. The Morgan fingerprint density at radius 2 is 1.37 bits per heavy atom. The van der Waals surface area contributed by atoms with Gasteiger partial charge < -0.3 is 5.32 Å². The van der Waals surface area contributed by atoms with Crippen molar-refractivity contribution in [1.29, 1.82) is 0 Å². The number of benzene rings is 2. The summed E-state index contributed by atoms with van der Waals surface area (Å²) in [4.78, 5) is 0. The third-order valence-electron chi connectivity index (χ3n) is 7.02. The number of piperidine rings is 1. The number of aryl methyl sites for hydroxylation is 1. The van der Waals surface area contributed by atoms with Gasteiger partial charge in [-0.3, -0.25) is 9.78 Å². The number of hydrogen-bond donors (Lipinski definition) is 2. The normalized spacial score (nSPS) is 16.5. The molecule has 4 aromatic rings. The molecule has 1 aliphatic carbocycles. The van der Waals surface area contributed by atoms with Gasteiger partial charge >= 0.3 is 0 Å². The van der Waals surface area contributed by atoms with Crippen LogP contribution >= 0.6 is 0 Å². The van der Waals surface area contributed by atoms with Crippen molar-refractivity contribution in [2.75, 3.05) is 13.1 Å². The van der Waals surface area contributed by atoms with Crippen molar-refractivity contribution in [3.8, 4) is 0 Å². The molecule has 3 heterocycles. The van der Waals surface area contributed by atoms with Gasteiger partial charge in [0, 0.05) is 35.3 Å². The lowest BCUT2D eigenvalue weighted by Gasteiger charge is -2.21. The van der Waals surface area contributed by atoms with Gasteiger partial charge in [0.1, 0.15) is 0 Å². The third kappa shape index (κ3) is 6.52. The fourth-order valence-electron chi connectivity index (χ4n) is 5.32. The van der Waals surface area contributed by atoms with Crippen LogP contribution in [0.5, 0.6) is 0 Å². The van der Waals surface area contributed by atoms with E-state index >= 15 is 0 Å². The molecular weight excluding hydrogens is 430 g/mol. The second-order valence-electron chi connectivity index (χ2n) is 9.04. The van der Waals surface area contributed by atoms with E-state index in [-0.39, 0.29) is 0 Å². The fourth-order valence-corrected chi connectivity index (χ4v) is 5.32. The lowest BCUT2D eigenvalue weighted by molar-refractivity contribution is 0.438. The maximum absolute atomic E-state index is 4.70. The van der Waals surface area contributed by atoms with E-state index in [1.807, 2.05) is 45.5 Å². The minimum absolute atomic E-state index is 0.632. The van der Waals surface area contributed by atoms with Crippen molar-refractivity contribution < 1.29 is 0 Å². The largest absolute Gasteiger partial charge is 0.317 e. The van der Waals surface area contributed by atoms with Gasteiger partial charge in [0.05, 0.1) is 16.7 Å². The van der Waals surface area contributed by atoms with Gasteiger partial charge in [-0.15, -0.1) is 0 Å². The van der Waals surface area contributed by atoms with Crippen LogP contribution in [0.15, 0.2) is 48.5 Å². The van der Waals surface area contributed by atoms with E-state index in [0.29, 0.717) is 11.8 Å². The summed E-state index contributed by atoms with van der Waals surface area (Å²) in [6.07, 6.45) is 9.22. The molecule has 2 aliphatic rings. The number of hydrogen-bond acceptors (Lipinski definition) is 3. The fraction of sp³-hybridized carbons (Fsp3) is 0.533. The number of fused-ring (bicyclic) bond motifs is 2. The average Bonchev–Trinajstić information content (AvgIpc) is 3.54. The molecule has 2 aromatic carbocycles. The standard InChI is InChI=1S/C13H17N3.C13H16N2.2C2H6/c1-16-12-5-3-2-4-11(12)13(15-16)10-6-8-14-9-7-10;1-2-6-10(7-3-1)13-11-8-4-5-9-12(11)14-15-13;2*1-2/h2-5,10,14H,6-9H2,1H3;4-5,8-10H,1-3,6-7H2,(H,14,15);2*1-2H3. The van der Waals surface area contributed by atoms with Crippen LogP contribution in [0.3, 0.4) is 0 Å². The molecule has 0 unspecified atom stereocenters. The van der Waals surface area contributed by atoms with E-state index < -0.39 is 0 Å². The lowest BCUT2D eigenvalue weighted by Crippen LogP contribution is -2.26. The Morgan fingerprint density at radius 1 is 0.743 bits per heavy atom. The summed E-state index contributed by atoms with van der Waals surface area (Å²) in [5.41, 5.74) is 5.01. The highest BCUT2D eigenvalue weighted by Crippen LogP contribution is 2.34. The molecule has 1 saturated heterocycles. The molecule has 190 valence electrons. The first-order valence-electron chi connectivity index (χ1n) is 13.9. The van der Waals surface area contributed by atoms with Crippen LogP contribution in [-0.4, -0.2) is 33.1 Å². The zero-order chi connectivity index (χ0) is 25.0. The quantitative estimate of drug-likeness (QED) is 0.312. The number of nitrogens with one attached hydrogen (secondary N) is 2. The summed E-state index contributed by atoms with van der Waals surface area (Å²) < 4.78 is 2.01. The predicted octanol–water partition coefficient (Wildman–Crippen LogP) is 7.70. The molecule has 1 saturated carbocycles. The van der Waals surface area contributed by atoms with Gasteiger partial charge in [-0.05, 0) is 50.9 Å². The highest BCUT2D eigenvalue weighted by molar-refractivity contribution is 5.82. The molecule has 0 atom stereocenters. The minimum atomic E-state index is 0.632. The molecule has 35 heavy (non-hydrogen) atoms. The number of nitrogens with zero attached hydrogens (tertiary/aromatic N) is 3. The summed E-state index contributed by atoms with van der Waals surface area (Å²) >= 11 is 0. The Kier molecular flexibility index (Phi) is 10.8. The van der Waals surface area contributed by atoms with E-state index in [1.165, 1.54) is 72.6 Å². The molecule has 6 rings (SSSR count). The molecule has 5 nitrogen and oxygen atoms in total. The molecule has 2 N–H and O–H groups in total. The van der Waals surface area contributed by atoms with Gasteiger partial charge in [-0.1, -0.05) is 83.4 Å². The van der Waals surface area contributed by atoms with Crippen molar-refractivity contribution in [1.82, 2.24) is 25.3 Å². The lowest BCUT2D eigenvalue weighted by atomic mass is 9.86. The van der Waals surface area contributed by atoms with Gasteiger partial charge in [0.25, 0.3) is 0 Å². The Bertz CT molecular complexity index is 1130. The summed E-state index contributed by atoms with van der Waals surface area (Å²) in [5, 5.41) is 18.4. The molecular formula is C30H45N5. The van der Waals surface area contributed by atoms with Crippen LogP contribution in [0.25, 0.3) is 21.8 Å². The second-order valence-corrected chi connectivity index (χ2v) is 9.04. The molecule has 0 spiro atoms. The highest BCUT2D eigenvalue weighted by atomic mass is 15.3. The van der Waals surface area contributed by atoms with Crippen molar-refractivity contribution in [3.05, 3.63) is 59.9 Å². The van der Waals surface area contributed by atoms with Crippen LogP contribution in [0.2, 0.25) is 0 Å². The summed E-state index contributed by atoms with van der Waals surface area (Å²) in [7, 11) is 2.03. The Hall–Kier alpha value is -2.66. The summed E-state index contributed by atoms with van der Waals surface area (Å²) in [6, 6.07) is 16.9. The van der Waals surface area contributed by atoms with Crippen LogP contribution < -0.4 is 5.32 Å². The van der Waals surface area contributed by atoms with Gasteiger partial charge in [0.2, 0.25) is 0 Å². The third-order valence-corrected chi connectivity index (χ3v) is 7.02. The maximum atomic E-state index is 4.70. The molecule has 2 fully saturated rings. The van der Waals surface area contributed by atoms with Crippen molar-refractivity contribution in [2.24, 2.45) is 7.05 Å². The number of rotatable bonds is 2. The monoisotopic (exact) mass is 475 g/mol. The van der Waals surface area contributed by atoms with E-state index in [1.54, 1.807) is 0 Å². The van der Waals surface area contributed by atoms with Crippen molar-refractivity contribution in [2.45, 2.75) is 84.5 Å². The van der Waals surface area contributed by atoms with Crippen LogP contribution in [0.1, 0.15) is 95.9 Å². The SMILES string of the molecule is CC.CC.Cn1nc(C2CCNCC2)c2ccccc21.c1ccc2c(C3CCCCC3)[nH]nc2c1. The molecule has 2 aromatic heterocycles. The Labute approximate surface area is 211 Å². The number of aromatic nitrogens is 4. The minimum Gasteiger partial charge on any atom is -0.317 e. The van der Waals surface area contributed by atoms with E-state index in [2.05, 4.69) is 58.0 Å². The average molecular weight is 476 g/mol. The van der Waals surface area contributed by atoms with Gasteiger partial charge in [-0.25, -0.2) is 0 Å². The van der Waals surface area contributed by atoms with Gasteiger partial charge in [0.15, 0.2) is 0 Å². The molecule has 0 radical (unpaired) electrons. The molecule has 0 bridgehead atoms. The molecule has 5 heteroatoms. The predicted molar refractivity (Wildman–Crippen MR) is 150 cm³/mol. The Morgan fingerprint density at radius 3 is 2.09 bits per heavy atom. The second kappa shape index (κ2) is 14.0. The summed E-state index contributed by atoms with van der Waals surface area (Å²) in [5.74, 6) is 1.35. The first kappa shape index (κ1) is 26.9. The highest BCUT2D eigenvalue weighted by Gasteiger charge is 2.21. The molecule has 0 amide bonds. The van der Waals surface area contributed by atoms with Crippen LogP contribution in [0.4, 0.5) is 0 Å². The van der Waals surface area contributed by atoms with E-state index in [9.17, 15) is 0 Å². The van der Waals surface area contributed by atoms with Crippen molar-refractivity contribution in [3.63, 3.8) is 0 Å². The van der Waals surface area contributed by atoms with E-state index in [4.69, 9.17) is 5.10 Å². The summed E-state index contributed by atoms with van der Waals surface area (Å²) in [6.45, 7) is 10.2. The topological polar surface area (TPSA) is 58.5 Å². The zero-order valence-corrected chi connectivity index (χ0v) is 22.5. The Balaban J connectivity index is 0.000000172. The number of para-hydroxylation sites is 2. The zero-order valence-electron chi connectivity index (χ0n) is 22.5. The number of aromatic amines is 1. The first-order chi connectivity index (χ1) is 17.3.